The van der Waals surface area contributed by atoms with Crippen LogP contribution in [0, 0.1) is 0 Å². The van der Waals surface area contributed by atoms with E-state index in [0.29, 0.717) is 13.2 Å². The lowest BCUT2D eigenvalue weighted by Gasteiger charge is -2.24. The quantitative estimate of drug-likeness (QED) is 0.553. The van der Waals surface area contributed by atoms with E-state index in [-0.39, 0.29) is 11.2 Å². The molecule has 0 fully saturated rings. The van der Waals surface area contributed by atoms with E-state index in [9.17, 15) is 0 Å². The third-order valence-electron chi connectivity index (χ3n) is 3.19. The standard InChI is InChI=1S/C14H30NO2/c1-7-13(3,4)16-11-9-15-10-12-17-14(5,6)8-2/h7-12H2,1-6H3. The van der Waals surface area contributed by atoms with Gasteiger partial charge in [-0.3, -0.25) is 0 Å². The highest BCUT2D eigenvalue weighted by Crippen LogP contribution is 2.13. The Morgan fingerprint density at radius 3 is 1.41 bits per heavy atom. The predicted octanol–water partition coefficient (Wildman–Crippen LogP) is 3.00. The van der Waals surface area contributed by atoms with Crippen LogP contribution in [0.3, 0.4) is 0 Å². The Hall–Kier alpha value is -0.120. The molecule has 0 bridgehead atoms. The second kappa shape index (κ2) is 8.06. The van der Waals surface area contributed by atoms with Crippen LogP contribution in [0.15, 0.2) is 0 Å². The summed E-state index contributed by atoms with van der Waals surface area (Å²) in [7, 11) is 0. The van der Waals surface area contributed by atoms with Gasteiger partial charge in [-0.05, 0) is 40.5 Å². The smallest absolute Gasteiger partial charge is 0.0624 e. The maximum Gasteiger partial charge on any atom is 0.0624 e. The second-order valence-corrected chi connectivity index (χ2v) is 5.59. The van der Waals surface area contributed by atoms with Crippen molar-refractivity contribution in [3.8, 4) is 0 Å². The normalized spacial score (nSPS) is 13.1. The Balaban J connectivity index is 3.36. The molecule has 0 atom stereocenters. The van der Waals surface area contributed by atoms with Gasteiger partial charge in [0.25, 0.3) is 0 Å². The summed E-state index contributed by atoms with van der Waals surface area (Å²) in [6.07, 6.45) is 2.06. The number of nitrogens with zero attached hydrogens (tertiary/aromatic N) is 1. The molecule has 0 rings (SSSR count). The molecule has 3 nitrogen and oxygen atoms in total. The Morgan fingerprint density at radius 2 is 1.12 bits per heavy atom. The van der Waals surface area contributed by atoms with Gasteiger partial charge in [0.1, 0.15) is 0 Å². The van der Waals surface area contributed by atoms with E-state index in [1.807, 2.05) is 0 Å². The summed E-state index contributed by atoms with van der Waals surface area (Å²) in [6, 6.07) is 0. The highest BCUT2D eigenvalue weighted by molar-refractivity contribution is 4.66. The van der Waals surface area contributed by atoms with Crippen molar-refractivity contribution >= 4 is 0 Å². The highest BCUT2D eigenvalue weighted by atomic mass is 16.5. The van der Waals surface area contributed by atoms with Gasteiger partial charge in [0.05, 0.1) is 24.4 Å². The number of hydrogen-bond donors (Lipinski definition) is 0. The Labute approximate surface area is 107 Å². The predicted molar refractivity (Wildman–Crippen MR) is 72.5 cm³/mol. The summed E-state index contributed by atoms with van der Waals surface area (Å²) >= 11 is 0. The molecule has 0 aliphatic carbocycles. The fourth-order valence-electron chi connectivity index (χ4n) is 1.09. The zero-order valence-corrected chi connectivity index (χ0v) is 12.5. The van der Waals surface area contributed by atoms with Crippen LogP contribution in [-0.2, 0) is 9.47 Å². The van der Waals surface area contributed by atoms with Crippen LogP contribution in [0.25, 0.3) is 0 Å². The lowest BCUT2D eigenvalue weighted by Crippen LogP contribution is -2.29. The van der Waals surface area contributed by atoms with Gasteiger partial charge in [0.15, 0.2) is 0 Å². The van der Waals surface area contributed by atoms with Crippen LogP contribution < -0.4 is 5.32 Å². The van der Waals surface area contributed by atoms with E-state index >= 15 is 0 Å². The first kappa shape index (κ1) is 16.9. The molecule has 0 aromatic heterocycles. The molecule has 0 heterocycles. The molecular formula is C14H30NO2. The molecular weight excluding hydrogens is 214 g/mol. The minimum atomic E-state index is -0.0176. The van der Waals surface area contributed by atoms with Gasteiger partial charge in [-0.15, -0.1) is 0 Å². The summed E-state index contributed by atoms with van der Waals surface area (Å²) in [5.41, 5.74) is -0.0353. The Bertz CT molecular complexity index is 171. The van der Waals surface area contributed by atoms with Crippen molar-refractivity contribution < 1.29 is 9.47 Å². The van der Waals surface area contributed by atoms with Gasteiger partial charge < -0.3 is 9.47 Å². The number of hydrogen-bond acceptors (Lipinski definition) is 2. The van der Waals surface area contributed by atoms with Gasteiger partial charge in [-0.2, -0.15) is 0 Å². The Morgan fingerprint density at radius 1 is 0.765 bits per heavy atom. The van der Waals surface area contributed by atoms with Crippen LogP contribution in [0.5, 0.6) is 0 Å². The molecule has 0 aromatic rings. The van der Waals surface area contributed by atoms with Crippen molar-refractivity contribution in [3.63, 3.8) is 0 Å². The van der Waals surface area contributed by atoms with Crippen LogP contribution >= 0.6 is 0 Å². The SMILES string of the molecule is CCC(C)(C)OCC[N]CCOC(C)(C)CC. The van der Waals surface area contributed by atoms with E-state index in [4.69, 9.17) is 9.47 Å². The van der Waals surface area contributed by atoms with E-state index in [1.165, 1.54) is 0 Å². The monoisotopic (exact) mass is 244 g/mol. The number of rotatable bonds is 10. The summed E-state index contributed by atoms with van der Waals surface area (Å²) in [6.45, 7) is 15.7. The Kier molecular flexibility index (Phi) is 8.01. The van der Waals surface area contributed by atoms with Gasteiger partial charge in [0, 0.05) is 13.1 Å². The van der Waals surface area contributed by atoms with Crippen molar-refractivity contribution in [3.05, 3.63) is 0 Å². The third-order valence-corrected chi connectivity index (χ3v) is 3.19. The molecule has 0 aliphatic heterocycles. The molecule has 0 aromatic carbocycles. The molecule has 0 aliphatic rings. The molecule has 0 saturated heterocycles. The van der Waals surface area contributed by atoms with Gasteiger partial charge >= 0.3 is 0 Å². The van der Waals surface area contributed by atoms with E-state index in [0.717, 1.165) is 25.9 Å². The first-order valence-electron chi connectivity index (χ1n) is 6.74. The third kappa shape index (κ3) is 9.57. The van der Waals surface area contributed by atoms with Crippen LogP contribution in [-0.4, -0.2) is 37.5 Å². The first-order chi connectivity index (χ1) is 7.83. The van der Waals surface area contributed by atoms with E-state index in [1.54, 1.807) is 0 Å². The minimum absolute atomic E-state index is 0.0176. The minimum Gasteiger partial charge on any atom is -0.374 e. The molecule has 0 saturated carbocycles. The molecule has 0 N–H and O–H groups in total. The van der Waals surface area contributed by atoms with Crippen LogP contribution in [0.2, 0.25) is 0 Å². The van der Waals surface area contributed by atoms with E-state index in [2.05, 4.69) is 46.9 Å². The zero-order valence-electron chi connectivity index (χ0n) is 12.5. The van der Waals surface area contributed by atoms with Gasteiger partial charge in [0.2, 0.25) is 0 Å². The van der Waals surface area contributed by atoms with Gasteiger partial charge in [-0.1, -0.05) is 13.8 Å². The average molecular weight is 244 g/mol. The summed E-state index contributed by atoms with van der Waals surface area (Å²) in [4.78, 5) is 0. The summed E-state index contributed by atoms with van der Waals surface area (Å²) < 4.78 is 11.4. The molecule has 0 spiro atoms. The summed E-state index contributed by atoms with van der Waals surface area (Å²) in [5, 5.41) is 4.40. The largest absolute Gasteiger partial charge is 0.374 e. The molecule has 1 radical (unpaired) electrons. The molecule has 17 heavy (non-hydrogen) atoms. The fourth-order valence-corrected chi connectivity index (χ4v) is 1.09. The maximum absolute atomic E-state index is 5.71. The summed E-state index contributed by atoms with van der Waals surface area (Å²) in [5.74, 6) is 0. The lowest BCUT2D eigenvalue weighted by atomic mass is 10.1. The fraction of sp³-hybridized carbons (Fsp3) is 1.00. The molecule has 0 unspecified atom stereocenters. The maximum atomic E-state index is 5.71. The lowest BCUT2D eigenvalue weighted by molar-refractivity contribution is -0.0263. The van der Waals surface area contributed by atoms with Crippen molar-refractivity contribution in [2.75, 3.05) is 26.3 Å². The van der Waals surface area contributed by atoms with Crippen molar-refractivity contribution in [2.24, 2.45) is 0 Å². The van der Waals surface area contributed by atoms with Crippen LogP contribution in [0.4, 0.5) is 0 Å². The van der Waals surface area contributed by atoms with Crippen molar-refractivity contribution in [2.45, 2.75) is 65.6 Å². The van der Waals surface area contributed by atoms with Crippen molar-refractivity contribution in [1.29, 1.82) is 0 Å². The molecule has 3 heteroatoms. The highest BCUT2D eigenvalue weighted by Gasteiger charge is 2.15. The average Bonchev–Trinajstić information content (AvgIpc) is 2.27. The van der Waals surface area contributed by atoms with Crippen molar-refractivity contribution in [1.82, 2.24) is 5.32 Å². The van der Waals surface area contributed by atoms with E-state index < -0.39 is 0 Å². The zero-order chi connectivity index (χ0) is 13.4. The molecule has 103 valence electrons. The topological polar surface area (TPSA) is 32.6 Å². The van der Waals surface area contributed by atoms with Gasteiger partial charge in [-0.25, -0.2) is 5.32 Å². The first-order valence-corrected chi connectivity index (χ1v) is 6.74. The second-order valence-electron chi connectivity index (χ2n) is 5.59. The number of ether oxygens (including phenoxy) is 2. The van der Waals surface area contributed by atoms with Crippen LogP contribution in [0.1, 0.15) is 54.4 Å². The molecule has 0 amide bonds.